The summed E-state index contributed by atoms with van der Waals surface area (Å²) in [6.07, 6.45) is 5.64. The molecule has 1 aliphatic heterocycles. The molecule has 1 aromatic carbocycles. The number of rotatable bonds is 5. The zero-order valence-electron chi connectivity index (χ0n) is 21.7. The van der Waals surface area contributed by atoms with Crippen molar-refractivity contribution in [3.05, 3.63) is 71.7 Å². The maximum absolute atomic E-state index is 10.9. The summed E-state index contributed by atoms with van der Waals surface area (Å²) in [6, 6.07) is 15.0. The third kappa shape index (κ3) is 4.10. The van der Waals surface area contributed by atoms with Crippen molar-refractivity contribution in [2.24, 2.45) is 13.0 Å². The van der Waals surface area contributed by atoms with E-state index in [1.807, 2.05) is 20.2 Å². The van der Waals surface area contributed by atoms with E-state index in [2.05, 4.69) is 57.3 Å². The fourth-order valence-corrected chi connectivity index (χ4v) is 5.69. The number of aromatic nitrogens is 6. The summed E-state index contributed by atoms with van der Waals surface area (Å²) < 4.78 is 9.95. The summed E-state index contributed by atoms with van der Waals surface area (Å²) in [7, 11) is 1.89. The monoisotopic (exact) mass is 496 g/mol. The van der Waals surface area contributed by atoms with E-state index in [0.29, 0.717) is 5.92 Å². The second-order valence-electron chi connectivity index (χ2n) is 10.6. The summed E-state index contributed by atoms with van der Waals surface area (Å²) in [5.41, 5.74) is 6.51. The number of hydrogen-bond acceptors (Lipinski definition) is 6. The van der Waals surface area contributed by atoms with Crippen LogP contribution in [0.3, 0.4) is 0 Å². The molecule has 0 amide bonds. The van der Waals surface area contributed by atoms with E-state index in [9.17, 15) is 5.11 Å². The molecular weight excluding hydrogens is 464 g/mol. The quantitative estimate of drug-likeness (QED) is 0.371. The Labute approximate surface area is 215 Å². The molecule has 6 rings (SSSR count). The molecule has 0 aliphatic carbocycles. The summed E-state index contributed by atoms with van der Waals surface area (Å²) in [6.45, 7) is 7.06. The molecule has 5 aromatic rings. The molecule has 5 heterocycles. The maximum atomic E-state index is 10.9. The Morgan fingerprint density at radius 1 is 1.03 bits per heavy atom. The third-order valence-electron chi connectivity index (χ3n) is 7.60. The van der Waals surface area contributed by atoms with E-state index in [-0.39, 0.29) is 6.04 Å². The van der Waals surface area contributed by atoms with E-state index in [1.54, 1.807) is 24.7 Å². The standard InChI is InChI=1S/C29H32N6O2/c1-18-27(34(4)33-32-18)23-15-24-22(17-30-23)26-25(14-21(16-31-26)29(2,3)36)35(24)28(19-8-6-5-7-9-19)20-10-12-37-13-11-20/h5-9,14-17,20,28,36H,10-13H2,1-4H3/t28-/m1/s1. The minimum Gasteiger partial charge on any atom is -0.386 e. The van der Waals surface area contributed by atoms with E-state index < -0.39 is 5.60 Å². The molecule has 8 heteroatoms. The summed E-state index contributed by atoms with van der Waals surface area (Å²) in [4.78, 5) is 9.70. The molecule has 1 atom stereocenters. The minimum absolute atomic E-state index is 0.0740. The molecule has 8 nitrogen and oxygen atoms in total. The van der Waals surface area contributed by atoms with Crippen molar-refractivity contribution < 1.29 is 9.84 Å². The van der Waals surface area contributed by atoms with Gasteiger partial charge in [-0.05, 0) is 57.2 Å². The topological polar surface area (TPSA) is 90.9 Å². The Bertz CT molecular complexity index is 1560. The number of nitrogens with zero attached hydrogens (tertiary/aromatic N) is 6. The van der Waals surface area contributed by atoms with Crippen LogP contribution in [-0.2, 0) is 17.4 Å². The van der Waals surface area contributed by atoms with Gasteiger partial charge in [0.25, 0.3) is 0 Å². The molecule has 37 heavy (non-hydrogen) atoms. The Morgan fingerprint density at radius 3 is 2.46 bits per heavy atom. The van der Waals surface area contributed by atoms with E-state index >= 15 is 0 Å². The second-order valence-corrected chi connectivity index (χ2v) is 10.6. The molecule has 0 bridgehead atoms. The molecule has 1 saturated heterocycles. The van der Waals surface area contributed by atoms with Gasteiger partial charge >= 0.3 is 0 Å². The van der Waals surface area contributed by atoms with Gasteiger partial charge in [-0.15, -0.1) is 5.10 Å². The number of aliphatic hydroxyl groups is 1. The van der Waals surface area contributed by atoms with Crippen molar-refractivity contribution in [3.8, 4) is 11.4 Å². The summed E-state index contributed by atoms with van der Waals surface area (Å²) in [5, 5.41) is 20.3. The van der Waals surface area contributed by atoms with Crippen LogP contribution in [0.5, 0.6) is 0 Å². The highest BCUT2D eigenvalue weighted by atomic mass is 16.5. The fraction of sp³-hybridized carbons (Fsp3) is 0.379. The van der Waals surface area contributed by atoms with Crippen LogP contribution in [0.25, 0.3) is 33.3 Å². The number of benzene rings is 1. The highest BCUT2D eigenvalue weighted by Gasteiger charge is 2.31. The number of ether oxygens (including phenoxy) is 1. The van der Waals surface area contributed by atoms with Crippen LogP contribution in [0.15, 0.2) is 54.9 Å². The highest BCUT2D eigenvalue weighted by Crippen LogP contribution is 2.41. The zero-order chi connectivity index (χ0) is 25.7. The van der Waals surface area contributed by atoms with Gasteiger partial charge in [0.05, 0.1) is 39.6 Å². The molecular formula is C29H32N6O2. The number of aryl methyl sites for hydroxylation is 2. The first-order valence-corrected chi connectivity index (χ1v) is 12.8. The molecule has 0 spiro atoms. The molecule has 1 fully saturated rings. The number of hydrogen-bond donors (Lipinski definition) is 1. The summed E-state index contributed by atoms with van der Waals surface area (Å²) >= 11 is 0. The van der Waals surface area contributed by atoms with Crippen LogP contribution >= 0.6 is 0 Å². The first-order valence-electron chi connectivity index (χ1n) is 12.8. The fourth-order valence-electron chi connectivity index (χ4n) is 5.69. The molecule has 1 N–H and O–H groups in total. The largest absolute Gasteiger partial charge is 0.386 e. The minimum atomic E-state index is -1.01. The van der Waals surface area contributed by atoms with Crippen molar-refractivity contribution in [2.45, 2.75) is 45.3 Å². The zero-order valence-corrected chi connectivity index (χ0v) is 21.7. The van der Waals surface area contributed by atoms with Crippen LogP contribution in [0, 0.1) is 12.8 Å². The molecule has 4 aromatic heterocycles. The third-order valence-corrected chi connectivity index (χ3v) is 7.60. The molecule has 1 aliphatic rings. The normalized spacial score (nSPS) is 16.0. The molecule has 190 valence electrons. The Hall–Kier alpha value is -3.62. The van der Waals surface area contributed by atoms with Gasteiger partial charge < -0.3 is 14.4 Å². The first-order chi connectivity index (χ1) is 17.8. The van der Waals surface area contributed by atoms with E-state index in [0.717, 1.165) is 70.6 Å². The SMILES string of the molecule is Cc1nnn(C)c1-c1cc2c(cn1)c1ncc(C(C)(C)O)cc1n2[C@H](c1ccccc1)C1CCOCC1. The molecule has 0 radical (unpaired) electrons. The van der Waals surface area contributed by atoms with Crippen LogP contribution < -0.4 is 0 Å². The van der Waals surface area contributed by atoms with Gasteiger partial charge in [0.1, 0.15) is 5.69 Å². The number of pyridine rings is 2. The van der Waals surface area contributed by atoms with Crippen LogP contribution in [-0.4, -0.2) is 47.8 Å². The average molecular weight is 497 g/mol. The average Bonchev–Trinajstić information content (AvgIpc) is 3.40. The van der Waals surface area contributed by atoms with Gasteiger partial charge in [-0.2, -0.15) is 0 Å². The maximum Gasteiger partial charge on any atom is 0.110 e. The lowest BCUT2D eigenvalue weighted by Gasteiger charge is -2.33. The van der Waals surface area contributed by atoms with E-state index in [4.69, 9.17) is 14.7 Å². The summed E-state index contributed by atoms with van der Waals surface area (Å²) in [5.74, 6) is 0.387. The lowest BCUT2D eigenvalue weighted by molar-refractivity contribution is 0.0552. The lowest BCUT2D eigenvalue weighted by Crippen LogP contribution is -2.27. The van der Waals surface area contributed by atoms with Crippen LogP contribution in [0.1, 0.15) is 49.6 Å². The van der Waals surface area contributed by atoms with Crippen molar-refractivity contribution in [1.82, 2.24) is 29.5 Å². The van der Waals surface area contributed by atoms with Gasteiger partial charge in [0.2, 0.25) is 0 Å². The molecule has 0 saturated carbocycles. The van der Waals surface area contributed by atoms with Gasteiger partial charge in [0, 0.05) is 43.6 Å². The van der Waals surface area contributed by atoms with Crippen LogP contribution in [0.4, 0.5) is 0 Å². The Morgan fingerprint density at radius 2 is 1.78 bits per heavy atom. The highest BCUT2D eigenvalue weighted by molar-refractivity contribution is 6.06. The number of fused-ring (bicyclic) bond motifs is 3. The van der Waals surface area contributed by atoms with Crippen LogP contribution in [0.2, 0.25) is 0 Å². The Kier molecular flexibility index (Phi) is 5.81. The van der Waals surface area contributed by atoms with E-state index in [1.165, 1.54) is 5.56 Å². The predicted octanol–water partition coefficient (Wildman–Crippen LogP) is 4.93. The second kappa shape index (κ2) is 9.04. The smallest absolute Gasteiger partial charge is 0.110 e. The van der Waals surface area contributed by atoms with Crippen molar-refractivity contribution in [3.63, 3.8) is 0 Å². The van der Waals surface area contributed by atoms with Gasteiger partial charge in [0.15, 0.2) is 0 Å². The van der Waals surface area contributed by atoms with Crippen molar-refractivity contribution in [1.29, 1.82) is 0 Å². The first kappa shape index (κ1) is 23.8. The molecule has 0 unspecified atom stereocenters. The predicted molar refractivity (Wildman–Crippen MR) is 143 cm³/mol. The lowest BCUT2D eigenvalue weighted by atomic mass is 9.86. The van der Waals surface area contributed by atoms with Gasteiger partial charge in [-0.3, -0.25) is 9.97 Å². The van der Waals surface area contributed by atoms with Crippen molar-refractivity contribution in [2.75, 3.05) is 13.2 Å². The van der Waals surface area contributed by atoms with Gasteiger partial charge in [-0.25, -0.2) is 4.68 Å². The van der Waals surface area contributed by atoms with Crippen molar-refractivity contribution >= 4 is 21.9 Å². The van der Waals surface area contributed by atoms with Gasteiger partial charge in [-0.1, -0.05) is 35.5 Å². The Balaban J connectivity index is 1.69.